The maximum absolute atomic E-state index is 12.3. The average Bonchev–Trinajstić information content (AvgIpc) is 3.13. The molecule has 4 nitrogen and oxygen atoms in total. The third-order valence-corrected chi connectivity index (χ3v) is 4.67. The molecule has 0 aliphatic rings. The molecule has 3 rings (SSSR count). The minimum absolute atomic E-state index is 0.127. The van der Waals surface area contributed by atoms with Crippen LogP contribution in [0.5, 0.6) is 0 Å². The smallest absolute Gasteiger partial charge is 0.204 e. The van der Waals surface area contributed by atoms with Crippen LogP contribution in [0.2, 0.25) is 0 Å². The zero-order valence-corrected chi connectivity index (χ0v) is 13.1. The minimum Gasteiger partial charge on any atom is -0.290 e. The number of fused-ring (bicyclic) bond motifs is 1. The lowest BCUT2D eigenvalue weighted by Crippen LogP contribution is -2.00. The fourth-order valence-corrected chi connectivity index (χ4v) is 3.60. The highest BCUT2D eigenvalue weighted by atomic mass is 32.1. The largest absolute Gasteiger partial charge is 0.290 e. The number of Topliss-reactive ketones (excluding diaryl/α,β-unsaturated/α-hetero) is 1. The molecule has 0 spiro atoms. The SMILES string of the molecule is Cc1cn2c(C=C(C#N)C(=O)c3ccsc3)c(C)nc2s1. The number of nitrogens with zero attached hydrogens (tertiary/aromatic N) is 3. The van der Waals surface area contributed by atoms with Gasteiger partial charge in [-0.15, -0.1) is 11.3 Å². The molecular formula is C15H11N3OS2. The van der Waals surface area contributed by atoms with Gasteiger partial charge in [0.2, 0.25) is 5.78 Å². The van der Waals surface area contributed by atoms with Crippen molar-refractivity contribution in [3.05, 3.63) is 50.4 Å². The Hall–Kier alpha value is -2.23. The molecule has 0 atom stereocenters. The lowest BCUT2D eigenvalue weighted by molar-refractivity contribution is 0.104. The maximum atomic E-state index is 12.3. The summed E-state index contributed by atoms with van der Waals surface area (Å²) >= 11 is 3.02. The second kappa shape index (κ2) is 5.28. The molecule has 3 aromatic heterocycles. The van der Waals surface area contributed by atoms with Crippen molar-refractivity contribution in [2.45, 2.75) is 13.8 Å². The topological polar surface area (TPSA) is 58.2 Å². The number of carbonyl (C=O) groups excluding carboxylic acids is 1. The van der Waals surface area contributed by atoms with Crippen LogP contribution in [0.3, 0.4) is 0 Å². The van der Waals surface area contributed by atoms with Crippen molar-refractivity contribution in [1.82, 2.24) is 9.38 Å². The van der Waals surface area contributed by atoms with Gasteiger partial charge in [-0.3, -0.25) is 9.20 Å². The second-order valence-electron chi connectivity index (χ2n) is 4.59. The van der Waals surface area contributed by atoms with Crippen molar-refractivity contribution in [2.24, 2.45) is 0 Å². The Labute approximate surface area is 129 Å². The van der Waals surface area contributed by atoms with Crippen LogP contribution >= 0.6 is 22.7 Å². The summed E-state index contributed by atoms with van der Waals surface area (Å²) in [6.07, 6.45) is 3.59. The molecule has 3 heterocycles. The van der Waals surface area contributed by atoms with Crippen LogP contribution in [-0.4, -0.2) is 15.2 Å². The summed E-state index contributed by atoms with van der Waals surface area (Å²) in [4.78, 5) is 18.8. The van der Waals surface area contributed by atoms with E-state index in [1.807, 2.05) is 35.9 Å². The number of nitriles is 1. The summed E-state index contributed by atoms with van der Waals surface area (Å²) in [5.74, 6) is -0.250. The number of imidazole rings is 1. The third kappa shape index (κ3) is 2.42. The standard InChI is InChI=1S/C15H11N3OS2/c1-9-7-18-13(10(2)17-15(18)21-9)5-12(6-16)14(19)11-3-4-20-8-11/h3-5,7-8H,1-2H3. The molecule has 0 aliphatic heterocycles. The van der Waals surface area contributed by atoms with Crippen molar-refractivity contribution < 1.29 is 4.79 Å². The zero-order valence-electron chi connectivity index (χ0n) is 11.5. The van der Waals surface area contributed by atoms with Crippen molar-refractivity contribution in [2.75, 3.05) is 0 Å². The molecule has 3 aromatic rings. The van der Waals surface area contributed by atoms with Crippen molar-refractivity contribution in [3.63, 3.8) is 0 Å². The van der Waals surface area contributed by atoms with Gasteiger partial charge >= 0.3 is 0 Å². The summed E-state index contributed by atoms with van der Waals surface area (Å²) < 4.78 is 1.92. The first-order valence-corrected chi connectivity index (χ1v) is 8.00. The number of hydrogen-bond donors (Lipinski definition) is 0. The van der Waals surface area contributed by atoms with Crippen molar-refractivity contribution in [1.29, 1.82) is 5.26 Å². The van der Waals surface area contributed by atoms with E-state index >= 15 is 0 Å². The van der Waals surface area contributed by atoms with Crippen LogP contribution in [0.4, 0.5) is 0 Å². The highest BCUT2D eigenvalue weighted by Gasteiger charge is 2.15. The summed E-state index contributed by atoms with van der Waals surface area (Å²) in [5, 5.41) is 12.9. The average molecular weight is 313 g/mol. The number of aromatic nitrogens is 2. The molecular weight excluding hydrogens is 302 g/mol. The predicted octanol–water partition coefficient (Wildman–Crippen LogP) is 3.86. The highest BCUT2D eigenvalue weighted by molar-refractivity contribution is 7.17. The third-order valence-electron chi connectivity index (χ3n) is 3.09. The molecule has 0 fully saturated rings. The molecule has 0 aromatic carbocycles. The highest BCUT2D eigenvalue weighted by Crippen LogP contribution is 2.23. The van der Waals surface area contributed by atoms with E-state index in [2.05, 4.69) is 4.98 Å². The van der Waals surface area contributed by atoms with Gasteiger partial charge in [0, 0.05) is 22.0 Å². The minimum atomic E-state index is -0.250. The van der Waals surface area contributed by atoms with Gasteiger partial charge < -0.3 is 0 Å². The first kappa shape index (κ1) is 13.7. The zero-order chi connectivity index (χ0) is 15.0. The predicted molar refractivity (Wildman–Crippen MR) is 84.8 cm³/mol. The summed E-state index contributed by atoms with van der Waals surface area (Å²) in [5.41, 5.74) is 2.27. The van der Waals surface area contributed by atoms with Gasteiger partial charge in [-0.2, -0.15) is 16.6 Å². The van der Waals surface area contributed by atoms with E-state index in [1.165, 1.54) is 11.3 Å². The normalized spacial score (nSPS) is 11.8. The Morgan fingerprint density at radius 2 is 2.29 bits per heavy atom. The molecule has 0 unspecified atom stereocenters. The van der Waals surface area contributed by atoms with E-state index in [-0.39, 0.29) is 11.4 Å². The van der Waals surface area contributed by atoms with Crippen LogP contribution in [0.25, 0.3) is 11.0 Å². The van der Waals surface area contributed by atoms with Crippen LogP contribution in [-0.2, 0) is 0 Å². The Morgan fingerprint density at radius 3 is 2.95 bits per heavy atom. The van der Waals surface area contributed by atoms with Crippen LogP contribution in [0.15, 0.2) is 28.6 Å². The second-order valence-corrected chi connectivity index (χ2v) is 6.58. The van der Waals surface area contributed by atoms with E-state index in [1.54, 1.807) is 28.9 Å². The van der Waals surface area contributed by atoms with Gasteiger partial charge in [0.25, 0.3) is 0 Å². The lowest BCUT2D eigenvalue weighted by atomic mass is 10.1. The number of carbonyl (C=O) groups is 1. The number of thiazole rings is 1. The van der Waals surface area contributed by atoms with Gasteiger partial charge in [-0.05, 0) is 31.4 Å². The van der Waals surface area contributed by atoms with E-state index < -0.39 is 0 Å². The molecule has 0 saturated carbocycles. The molecule has 6 heteroatoms. The first-order chi connectivity index (χ1) is 10.1. The number of allylic oxidation sites excluding steroid dienone is 1. The number of rotatable bonds is 3. The van der Waals surface area contributed by atoms with Crippen LogP contribution < -0.4 is 0 Å². The van der Waals surface area contributed by atoms with E-state index in [9.17, 15) is 10.1 Å². The van der Waals surface area contributed by atoms with E-state index in [4.69, 9.17) is 0 Å². The molecule has 0 aliphatic carbocycles. The van der Waals surface area contributed by atoms with Gasteiger partial charge in [-0.1, -0.05) is 0 Å². The Balaban J connectivity index is 2.11. The molecule has 0 bridgehead atoms. The van der Waals surface area contributed by atoms with Crippen molar-refractivity contribution >= 4 is 39.5 Å². The van der Waals surface area contributed by atoms with Gasteiger partial charge in [0.05, 0.1) is 11.4 Å². The van der Waals surface area contributed by atoms with Crippen LogP contribution in [0.1, 0.15) is 26.6 Å². The number of aryl methyl sites for hydroxylation is 2. The van der Waals surface area contributed by atoms with Crippen LogP contribution in [0, 0.1) is 25.2 Å². The molecule has 21 heavy (non-hydrogen) atoms. The molecule has 0 saturated heterocycles. The lowest BCUT2D eigenvalue weighted by Gasteiger charge is -1.97. The molecule has 0 amide bonds. The van der Waals surface area contributed by atoms with E-state index in [0.29, 0.717) is 5.56 Å². The van der Waals surface area contributed by atoms with Crippen molar-refractivity contribution in [3.8, 4) is 6.07 Å². The van der Waals surface area contributed by atoms with Gasteiger partial charge in [0.15, 0.2) is 4.96 Å². The molecule has 104 valence electrons. The Bertz CT molecular complexity index is 892. The summed E-state index contributed by atoms with van der Waals surface area (Å²) in [6.45, 7) is 3.88. The Kier molecular flexibility index (Phi) is 3.45. The fourth-order valence-electron chi connectivity index (χ4n) is 2.09. The maximum Gasteiger partial charge on any atom is 0.204 e. The Morgan fingerprint density at radius 1 is 1.48 bits per heavy atom. The van der Waals surface area contributed by atoms with E-state index in [0.717, 1.165) is 21.2 Å². The van der Waals surface area contributed by atoms with Gasteiger partial charge in [-0.25, -0.2) is 4.98 Å². The number of hydrogen-bond acceptors (Lipinski definition) is 5. The number of thiophene rings is 1. The van der Waals surface area contributed by atoms with Gasteiger partial charge in [0.1, 0.15) is 11.6 Å². The fraction of sp³-hybridized carbons (Fsp3) is 0.133. The monoisotopic (exact) mass is 313 g/mol. The summed E-state index contributed by atoms with van der Waals surface area (Å²) in [6, 6.07) is 3.73. The first-order valence-electron chi connectivity index (χ1n) is 6.24. The number of ketones is 1. The quantitative estimate of drug-likeness (QED) is 0.419. The molecule has 0 N–H and O–H groups in total. The summed E-state index contributed by atoms with van der Waals surface area (Å²) in [7, 11) is 0. The molecule has 0 radical (unpaired) electrons.